The summed E-state index contributed by atoms with van der Waals surface area (Å²) in [4.78, 5) is 5.27. The van der Waals surface area contributed by atoms with E-state index in [1.54, 1.807) is 17.5 Å². The summed E-state index contributed by atoms with van der Waals surface area (Å²) in [5.41, 5.74) is 0. The van der Waals surface area contributed by atoms with Crippen molar-refractivity contribution in [3.05, 3.63) is 16.1 Å². The highest BCUT2D eigenvalue weighted by Gasteiger charge is 1.99. The molecular formula is C8H10N2S. The topological polar surface area (TPSA) is 36.7 Å². The zero-order chi connectivity index (χ0) is 8.10. The average Bonchev–Trinajstić information content (AvgIpc) is 2.38. The zero-order valence-electron chi connectivity index (χ0n) is 6.50. The standard InChI is InChI=1S/C8H10N2S/c1-2-3-8-10-6-7(11-8)4-5-9/h6H,2-4H2,1H3. The molecule has 1 aromatic heterocycles. The van der Waals surface area contributed by atoms with Gasteiger partial charge in [0, 0.05) is 11.1 Å². The number of rotatable bonds is 3. The van der Waals surface area contributed by atoms with E-state index in [0.717, 1.165) is 22.7 Å². The molecule has 0 aliphatic carbocycles. The maximum absolute atomic E-state index is 8.39. The van der Waals surface area contributed by atoms with Gasteiger partial charge in [0.05, 0.1) is 17.5 Å². The van der Waals surface area contributed by atoms with Crippen LogP contribution in [-0.4, -0.2) is 4.98 Å². The summed E-state index contributed by atoms with van der Waals surface area (Å²) in [7, 11) is 0. The molecule has 3 heteroatoms. The fourth-order valence-corrected chi connectivity index (χ4v) is 1.79. The molecule has 58 valence electrons. The normalized spacial score (nSPS) is 9.45. The van der Waals surface area contributed by atoms with Gasteiger partial charge in [0.2, 0.25) is 0 Å². The molecule has 1 heterocycles. The summed E-state index contributed by atoms with van der Waals surface area (Å²) in [6.45, 7) is 2.13. The lowest BCUT2D eigenvalue weighted by Gasteiger charge is -1.85. The lowest BCUT2D eigenvalue weighted by Crippen LogP contribution is -1.76. The molecule has 0 aliphatic rings. The quantitative estimate of drug-likeness (QED) is 0.690. The SMILES string of the molecule is CCCc1ncc(CC#N)s1. The molecule has 0 saturated heterocycles. The van der Waals surface area contributed by atoms with Crippen LogP contribution in [-0.2, 0) is 12.8 Å². The van der Waals surface area contributed by atoms with Gasteiger partial charge in [-0.15, -0.1) is 11.3 Å². The number of hydrogen-bond acceptors (Lipinski definition) is 3. The molecule has 0 radical (unpaired) electrons. The van der Waals surface area contributed by atoms with Crippen LogP contribution < -0.4 is 0 Å². The first kappa shape index (κ1) is 8.22. The van der Waals surface area contributed by atoms with Crippen molar-refractivity contribution in [2.45, 2.75) is 26.2 Å². The molecule has 0 fully saturated rings. The third kappa shape index (κ3) is 2.32. The van der Waals surface area contributed by atoms with Crippen molar-refractivity contribution in [1.29, 1.82) is 5.26 Å². The van der Waals surface area contributed by atoms with Gasteiger partial charge < -0.3 is 0 Å². The minimum absolute atomic E-state index is 0.501. The van der Waals surface area contributed by atoms with E-state index < -0.39 is 0 Å². The molecule has 0 bridgehead atoms. The molecule has 2 nitrogen and oxygen atoms in total. The second kappa shape index (κ2) is 4.09. The second-order valence-electron chi connectivity index (χ2n) is 2.31. The molecule has 1 aromatic rings. The first-order chi connectivity index (χ1) is 5.36. The van der Waals surface area contributed by atoms with Gasteiger partial charge in [0.25, 0.3) is 0 Å². The summed E-state index contributed by atoms with van der Waals surface area (Å²) >= 11 is 1.65. The van der Waals surface area contributed by atoms with E-state index in [0.29, 0.717) is 6.42 Å². The van der Waals surface area contributed by atoms with Crippen molar-refractivity contribution < 1.29 is 0 Å². The van der Waals surface area contributed by atoms with Crippen LogP contribution in [0.2, 0.25) is 0 Å². The molecule has 0 atom stereocenters. The highest BCUT2D eigenvalue weighted by molar-refractivity contribution is 7.11. The number of hydrogen-bond donors (Lipinski definition) is 0. The average molecular weight is 166 g/mol. The summed E-state index contributed by atoms with van der Waals surface area (Å²) in [5.74, 6) is 0. The smallest absolute Gasteiger partial charge is 0.0927 e. The van der Waals surface area contributed by atoms with E-state index in [2.05, 4.69) is 18.0 Å². The lowest BCUT2D eigenvalue weighted by molar-refractivity contribution is 0.908. The Morgan fingerprint density at radius 3 is 3.18 bits per heavy atom. The molecule has 0 unspecified atom stereocenters. The summed E-state index contributed by atoms with van der Waals surface area (Å²) in [6, 6.07) is 2.11. The van der Waals surface area contributed by atoms with E-state index in [-0.39, 0.29) is 0 Å². The number of nitrogens with zero attached hydrogens (tertiary/aromatic N) is 2. The van der Waals surface area contributed by atoms with Gasteiger partial charge in [-0.25, -0.2) is 4.98 Å². The number of aryl methyl sites for hydroxylation is 1. The minimum atomic E-state index is 0.501. The second-order valence-corrected chi connectivity index (χ2v) is 3.50. The minimum Gasteiger partial charge on any atom is -0.249 e. The Morgan fingerprint density at radius 1 is 1.73 bits per heavy atom. The predicted molar refractivity (Wildman–Crippen MR) is 45.4 cm³/mol. The van der Waals surface area contributed by atoms with Crippen LogP contribution in [0.15, 0.2) is 6.20 Å². The Labute approximate surface area is 70.5 Å². The number of aromatic nitrogens is 1. The summed E-state index contributed by atoms with van der Waals surface area (Å²) in [6.07, 6.45) is 4.47. The maximum Gasteiger partial charge on any atom is 0.0927 e. The zero-order valence-corrected chi connectivity index (χ0v) is 7.32. The van der Waals surface area contributed by atoms with Crippen LogP contribution in [0.3, 0.4) is 0 Å². The van der Waals surface area contributed by atoms with Gasteiger partial charge in [-0.1, -0.05) is 6.92 Å². The Hall–Kier alpha value is -0.880. The monoisotopic (exact) mass is 166 g/mol. The van der Waals surface area contributed by atoms with Gasteiger partial charge >= 0.3 is 0 Å². The molecule has 0 spiro atoms. The molecule has 0 saturated carbocycles. The largest absolute Gasteiger partial charge is 0.249 e. The van der Waals surface area contributed by atoms with Gasteiger partial charge in [-0.3, -0.25) is 0 Å². The number of thiazole rings is 1. The van der Waals surface area contributed by atoms with Crippen LogP contribution in [0.5, 0.6) is 0 Å². The van der Waals surface area contributed by atoms with Crippen molar-refractivity contribution in [1.82, 2.24) is 4.98 Å². The molecule has 1 rings (SSSR count). The van der Waals surface area contributed by atoms with Gasteiger partial charge in [0.1, 0.15) is 0 Å². The molecule has 0 aliphatic heterocycles. The summed E-state index contributed by atoms with van der Waals surface area (Å²) < 4.78 is 0. The Bertz CT molecular complexity index is 259. The van der Waals surface area contributed by atoms with Crippen molar-refractivity contribution >= 4 is 11.3 Å². The highest BCUT2D eigenvalue weighted by atomic mass is 32.1. The fourth-order valence-electron chi connectivity index (χ4n) is 0.837. The van der Waals surface area contributed by atoms with Crippen molar-refractivity contribution in [3.63, 3.8) is 0 Å². The van der Waals surface area contributed by atoms with Crippen LogP contribution in [0, 0.1) is 11.3 Å². The molecular weight excluding hydrogens is 156 g/mol. The van der Waals surface area contributed by atoms with Crippen LogP contribution >= 0.6 is 11.3 Å². The third-order valence-corrected chi connectivity index (χ3v) is 2.38. The van der Waals surface area contributed by atoms with Gasteiger partial charge in [-0.2, -0.15) is 5.26 Å². The van der Waals surface area contributed by atoms with Crippen molar-refractivity contribution in [3.8, 4) is 6.07 Å². The van der Waals surface area contributed by atoms with E-state index >= 15 is 0 Å². The van der Waals surface area contributed by atoms with E-state index in [9.17, 15) is 0 Å². The Balaban J connectivity index is 2.60. The van der Waals surface area contributed by atoms with Crippen molar-refractivity contribution in [2.24, 2.45) is 0 Å². The predicted octanol–water partition coefficient (Wildman–Crippen LogP) is 2.16. The van der Waals surface area contributed by atoms with Crippen molar-refractivity contribution in [2.75, 3.05) is 0 Å². The van der Waals surface area contributed by atoms with Crippen LogP contribution in [0.4, 0.5) is 0 Å². The van der Waals surface area contributed by atoms with Crippen LogP contribution in [0.1, 0.15) is 23.2 Å². The summed E-state index contributed by atoms with van der Waals surface area (Å²) in [5, 5.41) is 9.54. The first-order valence-electron chi connectivity index (χ1n) is 3.67. The third-order valence-electron chi connectivity index (χ3n) is 1.32. The van der Waals surface area contributed by atoms with Crippen LogP contribution in [0.25, 0.3) is 0 Å². The maximum atomic E-state index is 8.39. The van der Waals surface area contributed by atoms with E-state index in [1.165, 1.54) is 0 Å². The van der Waals surface area contributed by atoms with E-state index in [1.807, 2.05) is 0 Å². The Kier molecular flexibility index (Phi) is 3.06. The molecule has 0 amide bonds. The lowest BCUT2D eigenvalue weighted by atomic mass is 10.4. The van der Waals surface area contributed by atoms with Gasteiger partial charge in [-0.05, 0) is 12.8 Å². The first-order valence-corrected chi connectivity index (χ1v) is 4.49. The fraction of sp³-hybridized carbons (Fsp3) is 0.500. The number of nitriles is 1. The Morgan fingerprint density at radius 2 is 2.55 bits per heavy atom. The van der Waals surface area contributed by atoms with Gasteiger partial charge in [0.15, 0.2) is 0 Å². The van der Waals surface area contributed by atoms with E-state index in [4.69, 9.17) is 5.26 Å². The molecule has 0 N–H and O–H groups in total. The molecule has 0 aromatic carbocycles. The highest BCUT2D eigenvalue weighted by Crippen LogP contribution is 2.14. The molecule has 11 heavy (non-hydrogen) atoms.